The molecule has 0 aromatic heterocycles. The molecule has 0 aliphatic heterocycles. The normalized spacial score (nSPS) is 17.6. The van der Waals surface area contributed by atoms with Crippen molar-refractivity contribution in [2.24, 2.45) is 5.73 Å². The first kappa shape index (κ1) is 23.8. The second kappa shape index (κ2) is 5.67. The van der Waals surface area contributed by atoms with E-state index in [1.807, 2.05) is 0 Å². The number of halogens is 16. The third-order valence-electron chi connectivity index (χ3n) is 2.70. The van der Waals surface area contributed by atoms with Gasteiger partial charge in [0, 0.05) is 0 Å². The first-order chi connectivity index (χ1) is 10.4. The summed E-state index contributed by atoms with van der Waals surface area (Å²) in [5.41, 5.74) is 3.47. The Kier molecular flexibility index (Phi) is 5.41. The van der Waals surface area contributed by atoms with Crippen LogP contribution in [-0.2, 0) is 0 Å². The molecule has 0 aromatic rings. The van der Waals surface area contributed by atoms with Crippen LogP contribution in [0.1, 0.15) is 0 Å². The van der Waals surface area contributed by atoms with E-state index in [0.717, 1.165) is 0 Å². The van der Waals surface area contributed by atoms with E-state index in [9.17, 15) is 70.2 Å². The van der Waals surface area contributed by atoms with Crippen LogP contribution < -0.4 is 5.73 Å². The van der Waals surface area contributed by atoms with Gasteiger partial charge in [-0.2, -0.15) is 65.9 Å². The zero-order valence-corrected chi connectivity index (χ0v) is 10.7. The number of alkyl halides is 16. The summed E-state index contributed by atoms with van der Waals surface area (Å²) < 4.78 is 199. The Balaban J connectivity index is 6.50. The predicted molar refractivity (Wildman–Crippen MR) is 44.8 cm³/mol. The van der Waals surface area contributed by atoms with Crippen molar-refractivity contribution in [1.29, 1.82) is 0 Å². The summed E-state index contributed by atoms with van der Waals surface area (Å²) in [4.78, 5) is 0. The van der Waals surface area contributed by atoms with Crippen LogP contribution >= 0.6 is 0 Å². The molecule has 0 rings (SSSR count). The molecule has 0 saturated heterocycles. The minimum absolute atomic E-state index is 3.47. The summed E-state index contributed by atoms with van der Waals surface area (Å²) in [6.07, 6.45) is -12.6. The highest BCUT2D eigenvalue weighted by molar-refractivity contribution is 5.13. The number of hydrogen-bond donors (Lipinski definition) is 1. The molecule has 1 unspecified atom stereocenters. The summed E-state index contributed by atoms with van der Waals surface area (Å²) in [5, 5.41) is 0. The van der Waals surface area contributed by atoms with Crippen LogP contribution in [0.25, 0.3) is 0 Å². The van der Waals surface area contributed by atoms with Gasteiger partial charge in [-0.25, -0.2) is 4.39 Å². The highest BCUT2D eigenvalue weighted by Gasteiger charge is 2.93. The van der Waals surface area contributed by atoms with Gasteiger partial charge in [0.05, 0.1) is 0 Å². The molecule has 0 aliphatic carbocycles. The van der Waals surface area contributed by atoms with E-state index < -0.39 is 48.0 Å². The first-order valence-corrected chi connectivity index (χ1v) is 5.17. The zero-order valence-electron chi connectivity index (χ0n) is 10.7. The van der Waals surface area contributed by atoms with Gasteiger partial charge < -0.3 is 0 Å². The molecule has 152 valence electrons. The molecule has 0 aromatic carbocycles. The Hall–Kier alpha value is -1.16. The van der Waals surface area contributed by atoms with Crippen LogP contribution in [0.5, 0.6) is 0 Å². The Bertz CT molecular complexity index is 487. The van der Waals surface area contributed by atoms with Crippen molar-refractivity contribution in [1.82, 2.24) is 0 Å². The van der Waals surface area contributed by atoms with Gasteiger partial charge in [-0.1, -0.05) is 0 Å². The van der Waals surface area contributed by atoms with E-state index >= 15 is 0 Å². The summed E-state index contributed by atoms with van der Waals surface area (Å²) >= 11 is 0. The molecule has 0 spiro atoms. The standard InChI is InChI=1S/C8H3F16N/c9-1(25)2(10,11)3(12,13)4(14,15)5(16,17)6(18,19)7(20,21)8(22,23)24/h1H,25H2. The summed E-state index contributed by atoms with van der Waals surface area (Å²) in [5.74, 6) is -48.1. The summed E-state index contributed by atoms with van der Waals surface area (Å²) in [6, 6.07) is 0. The topological polar surface area (TPSA) is 26.0 Å². The fraction of sp³-hybridized carbons (Fsp3) is 1.00. The van der Waals surface area contributed by atoms with Gasteiger partial charge in [-0.15, -0.1) is 0 Å². The van der Waals surface area contributed by atoms with Crippen LogP contribution in [0.2, 0.25) is 0 Å². The summed E-state index contributed by atoms with van der Waals surface area (Å²) in [6.45, 7) is 0. The maximum atomic E-state index is 12.9. The Morgan fingerprint density at radius 3 is 0.920 bits per heavy atom. The van der Waals surface area contributed by atoms with Crippen LogP contribution in [0.4, 0.5) is 70.2 Å². The van der Waals surface area contributed by atoms with E-state index in [2.05, 4.69) is 5.73 Å². The SMILES string of the molecule is NC(F)C(F)(F)C(F)(F)C(F)(F)C(F)(F)C(F)(F)C(F)(F)C(F)(F)F. The van der Waals surface area contributed by atoms with Crippen molar-refractivity contribution in [3.05, 3.63) is 0 Å². The maximum Gasteiger partial charge on any atom is 0.460 e. The molecule has 0 saturated carbocycles. The van der Waals surface area contributed by atoms with Gasteiger partial charge in [-0.3, -0.25) is 5.73 Å². The molecule has 0 radical (unpaired) electrons. The van der Waals surface area contributed by atoms with Gasteiger partial charge in [-0.05, 0) is 0 Å². The first-order valence-electron chi connectivity index (χ1n) is 5.17. The van der Waals surface area contributed by atoms with Gasteiger partial charge in [0.25, 0.3) is 0 Å². The van der Waals surface area contributed by atoms with Gasteiger partial charge in [0.15, 0.2) is 0 Å². The van der Waals surface area contributed by atoms with E-state index in [1.54, 1.807) is 0 Å². The Morgan fingerprint density at radius 2 is 0.680 bits per heavy atom. The Morgan fingerprint density at radius 1 is 0.440 bits per heavy atom. The number of rotatable bonds is 6. The molecule has 0 aliphatic rings. The van der Waals surface area contributed by atoms with Crippen LogP contribution in [0, 0.1) is 0 Å². The molecule has 0 fully saturated rings. The van der Waals surface area contributed by atoms with Crippen LogP contribution in [0.3, 0.4) is 0 Å². The minimum Gasteiger partial charge on any atom is -0.296 e. The number of nitrogens with two attached hydrogens (primary N) is 1. The molecule has 0 bridgehead atoms. The quantitative estimate of drug-likeness (QED) is 0.496. The van der Waals surface area contributed by atoms with E-state index in [1.165, 1.54) is 0 Å². The lowest BCUT2D eigenvalue weighted by Crippen LogP contribution is -2.73. The highest BCUT2D eigenvalue weighted by atomic mass is 19.4. The molecular weight excluding hydrogens is 414 g/mol. The van der Waals surface area contributed by atoms with E-state index in [4.69, 9.17) is 0 Å². The predicted octanol–water partition coefficient (Wildman–Crippen LogP) is 4.61. The van der Waals surface area contributed by atoms with E-state index in [0.29, 0.717) is 0 Å². The molecule has 0 heterocycles. The van der Waals surface area contributed by atoms with E-state index in [-0.39, 0.29) is 0 Å². The lowest BCUT2D eigenvalue weighted by atomic mass is 9.91. The third kappa shape index (κ3) is 2.87. The van der Waals surface area contributed by atoms with Crippen molar-refractivity contribution in [2.75, 3.05) is 0 Å². The monoisotopic (exact) mass is 417 g/mol. The zero-order chi connectivity index (χ0) is 21.1. The van der Waals surface area contributed by atoms with Gasteiger partial charge in [0.1, 0.15) is 0 Å². The van der Waals surface area contributed by atoms with Crippen LogP contribution in [0.15, 0.2) is 0 Å². The van der Waals surface area contributed by atoms with Crippen molar-refractivity contribution >= 4 is 0 Å². The molecular formula is C8H3F16N. The van der Waals surface area contributed by atoms with Crippen molar-refractivity contribution in [3.8, 4) is 0 Å². The second-order valence-electron chi connectivity index (χ2n) is 4.39. The average molecular weight is 417 g/mol. The number of hydrogen-bond acceptors (Lipinski definition) is 1. The molecule has 2 N–H and O–H groups in total. The summed E-state index contributed by atoms with van der Waals surface area (Å²) in [7, 11) is 0. The van der Waals surface area contributed by atoms with Gasteiger partial charge >= 0.3 is 41.7 Å². The maximum absolute atomic E-state index is 12.9. The second-order valence-corrected chi connectivity index (χ2v) is 4.39. The fourth-order valence-electron chi connectivity index (χ4n) is 1.15. The lowest BCUT2D eigenvalue weighted by molar-refractivity contribution is -0.454. The molecule has 1 nitrogen and oxygen atoms in total. The molecule has 17 heteroatoms. The smallest absolute Gasteiger partial charge is 0.296 e. The molecule has 1 atom stereocenters. The molecule has 0 amide bonds. The third-order valence-corrected chi connectivity index (χ3v) is 2.70. The van der Waals surface area contributed by atoms with Crippen LogP contribution in [-0.4, -0.2) is 48.0 Å². The minimum atomic E-state index is -8.43. The van der Waals surface area contributed by atoms with Crippen molar-refractivity contribution < 1.29 is 70.2 Å². The van der Waals surface area contributed by atoms with Crippen molar-refractivity contribution in [3.63, 3.8) is 0 Å². The largest absolute Gasteiger partial charge is 0.460 e. The lowest BCUT2D eigenvalue weighted by Gasteiger charge is -2.41. The van der Waals surface area contributed by atoms with Gasteiger partial charge in [0.2, 0.25) is 6.30 Å². The fourth-order valence-corrected chi connectivity index (χ4v) is 1.15. The molecule has 25 heavy (non-hydrogen) atoms. The Labute approximate surface area is 125 Å². The average Bonchev–Trinajstić information content (AvgIpc) is 2.35. The highest BCUT2D eigenvalue weighted by Crippen LogP contribution is 2.62. The van der Waals surface area contributed by atoms with Crippen molar-refractivity contribution in [2.45, 2.75) is 48.0 Å².